The molecule has 0 bridgehead atoms. The van der Waals surface area contributed by atoms with Crippen LogP contribution in [0.25, 0.3) is 0 Å². The van der Waals surface area contributed by atoms with E-state index in [1.807, 2.05) is 0 Å². The van der Waals surface area contributed by atoms with Crippen LogP contribution in [-0.4, -0.2) is 40.8 Å². The van der Waals surface area contributed by atoms with Gasteiger partial charge in [0.05, 0.1) is 0 Å². The fourth-order valence-electron chi connectivity index (χ4n) is 2.47. The molecule has 0 rings (SSSR count). The molecule has 0 aliphatic rings. The molecule has 0 amide bonds. The number of unbranched alkanes of at least 4 members (excludes halogenated alkanes) is 8. The highest BCUT2D eigenvalue weighted by molar-refractivity contribution is 8.26. The smallest absolute Gasteiger partial charge is 0.369 e. The van der Waals surface area contributed by atoms with Gasteiger partial charge in [0.1, 0.15) is 5.78 Å². The van der Waals surface area contributed by atoms with Crippen LogP contribution in [-0.2, 0) is 18.1 Å². The molecule has 0 radical (unpaired) electrons. The first kappa shape index (κ1) is 23.1. The fraction of sp³-hybridized carbons (Fsp3) is 0.941. The van der Waals surface area contributed by atoms with E-state index in [0.717, 1.165) is 6.42 Å². The Labute approximate surface area is 148 Å². The largest absolute Gasteiger partial charge is 0.572 e. The maximum atomic E-state index is 11.9. The van der Waals surface area contributed by atoms with Crippen molar-refractivity contribution >= 4 is 24.9 Å². The van der Waals surface area contributed by atoms with Gasteiger partial charge in [-0.2, -0.15) is 0 Å². The highest BCUT2D eigenvalue weighted by atomic mass is 32.4. The van der Waals surface area contributed by atoms with Crippen LogP contribution in [0.2, 0.25) is 0 Å². The van der Waals surface area contributed by atoms with Gasteiger partial charge in [-0.1, -0.05) is 69.5 Å². The van der Waals surface area contributed by atoms with Gasteiger partial charge in [-0.05, 0) is 6.42 Å². The van der Waals surface area contributed by atoms with Gasteiger partial charge < -0.3 is 13.3 Å². The minimum atomic E-state index is -2.58. The van der Waals surface area contributed by atoms with Crippen molar-refractivity contribution in [3.05, 3.63) is 0 Å². The zero-order chi connectivity index (χ0) is 17.4. The average Bonchev–Trinajstić information content (AvgIpc) is 2.58. The van der Waals surface area contributed by atoms with Crippen molar-refractivity contribution in [3.63, 3.8) is 0 Å². The lowest BCUT2D eigenvalue weighted by Gasteiger charge is -2.22. The van der Waals surface area contributed by atoms with Crippen LogP contribution in [0, 0.1) is 0 Å². The molecule has 23 heavy (non-hydrogen) atoms. The molecule has 0 unspecified atom stereocenters. The number of carbonyl (C=O) groups is 1. The summed E-state index contributed by atoms with van der Waals surface area (Å²) in [5.41, 5.74) is 0. The number of carbonyl (C=O) groups excluding carboxylic acids is 1. The second-order valence-electron chi connectivity index (χ2n) is 5.83. The first-order chi connectivity index (χ1) is 11.1. The van der Waals surface area contributed by atoms with Crippen molar-refractivity contribution in [2.24, 2.45) is 0 Å². The lowest BCUT2D eigenvalue weighted by Crippen LogP contribution is -2.39. The Morgan fingerprint density at radius 2 is 1.26 bits per heavy atom. The van der Waals surface area contributed by atoms with Gasteiger partial charge in [-0.3, -0.25) is 4.79 Å². The summed E-state index contributed by atoms with van der Waals surface area (Å²) in [4.78, 5) is 11.9. The van der Waals surface area contributed by atoms with Crippen LogP contribution < -0.4 is 0 Å². The third-order valence-electron chi connectivity index (χ3n) is 3.97. The molecule has 0 spiro atoms. The van der Waals surface area contributed by atoms with Crippen molar-refractivity contribution in [2.45, 2.75) is 77.6 Å². The van der Waals surface area contributed by atoms with Crippen LogP contribution in [0.1, 0.15) is 77.6 Å². The Hall–Kier alpha value is 0.117. The molecule has 0 aliphatic heterocycles. The van der Waals surface area contributed by atoms with Gasteiger partial charge in [0, 0.05) is 39.9 Å². The van der Waals surface area contributed by atoms with Gasteiger partial charge in [-0.25, -0.2) is 0 Å². The third-order valence-corrected chi connectivity index (χ3v) is 9.40. The topological polar surface area (TPSA) is 44.8 Å². The molecule has 0 fully saturated rings. The van der Waals surface area contributed by atoms with Crippen LogP contribution in [0.15, 0.2) is 0 Å². The molecule has 0 aliphatic carbocycles. The second-order valence-corrected chi connectivity index (χ2v) is 11.1. The highest BCUT2D eigenvalue weighted by Crippen LogP contribution is 2.23. The Balaban J connectivity index is 3.50. The third kappa shape index (κ3) is 12.2. The summed E-state index contributed by atoms with van der Waals surface area (Å²) in [5.74, 6) is 1.05. The maximum absolute atomic E-state index is 11.9. The minimum Gasteiger partial charge on any atom is -0.369 e. The number of Topliss-reactive ketones (excluding diaryl/α,β-unsaturated/α-hetero) is 1. The first-order valence-electron chi connectivity index (χ1n) is 8.95. The monoisotopic (exact) mass is 364 g/mol. The Bertz CT molecular complexity index is 278. The summed E-state index contributed by atoms with van der Waals surface area (Å²) in [5, 5.41) is 0. The molecule has 0 heterocycles. The van der Waals surface area contributed by atoms with E-state index < -0.39 is 7.95 Å². The highest BCUT2D eigenvalue weighted by Gasteiger charge is 2.39. The second kappa shape index (κ2) is 15.6. The lowest BCUT2D eigenvalue weighted by molar-refractivity contribution is -0.118. The maximum Gasteiger partial charge on any atom is 0.572 e. The van der Waals surface area contributed by atoms with E-state index in [-0.39, 0.29) is 0 Å². The van der Waals surface area contributed by atoms with Crippen molar-refractivity contribution in [2.75, 3.05) is 27.1 Å². The minimum absolute atomic E-state index is 0.339. The van der Waals surface area contributed by atoms with E-state index >= 15 is 0 Å². The van der Waals surface area contributed by atoms with E-state index in [2.05, 4.69) is 6.92 Å². The van der Waals surface area contributed by atoms with Gasteiger partial charge in [0.15, 0.2) is 0 Å². The van der Waals surface area contributed by atoms with Crippen molar-refractivity contribution in [3.8, 4) is 0 Å². The molecule has 0 saturated carbocycles. The fourth-order valence-corrected chi connectivity index (χ4v) is 6.02. The summed E-state index contributed by atoms with van der Waals surface area (Å²) in [6.07, 6.45) is 12.8. The normalized spacial score (nSPS) is 11.8. The first-order valence-corrected chi connectivity index (χ1v) is 12.4. The Morgan fingerprint density at radius 1 is 0.783 bits per heavy atom. The summed E-state index contributed by atoms with van der Waals surface area (Å²) in [6.45, 7) is 2.25. The predicted molar refractivity (Wildman–Crippen MR) is 101 cm³/mol. The van der Waals surface area contributed by atoms with E-state index in [4.69, 9.17) is 13.3 Å². The van der Waals surface area contributed by atoms with E-state index in [0.29, 0.717) is 24.4 Å². The molecule has 0 aromatic carbocycles. The summed E-state index contributed by atoms with van der Waals surface area (Å²) < 4.78 is 16.0. The lowest BCUT2D eigenvalue weighted by atomic mass is 10.1. The molecule has 0 atom stereocenters. The molecule has 138 valence electrons. The molecule has 4 nitrogen and oxygen atoms in total. The van der Waals surface area contributed by atoms with Crippen LogP contribution in [0.5, 0.6) is 0 Å². The zero-order valence-corrected chi connectivity index (χ0v) is 17.3. The van der Waals surface area contributed by atoms with Crippen LogP contribution >= 0.6 is 11.2 Å². The number of hydrogen-bond acceptors (Lipinski definition) is 5. The number of rotatable bonds is 17. The molecular weight excluding hydrogens is 328 g/mol. The molecular formula is C17H36O4SSi. The van der Waals surface area contributed by atoms with Crippen LogP contribution in [0.3, 0.4) is 0 Å². The molecule has 6 heteroatoms. The predicted octanol–water partition coefficient (Wildman–Crippen LogP) is 4.97. The van der Waals surface area contributed by atoms with Crippen molar-refractivity contribution < 1.29 is 18.1 Å². The SMILES string of the molecule is CCCCCCCCCCCC(=O)CCS[Si](OC)(OC)OC. The molecule has 0 N–H and O–H groups in total. The van der Waals surface area contributed by atoms with Crippen LogP contribution in [0.4, 0.5) is 0 Å². The quantitative estimate of drug-likeness (QED) is 0.269. The van der Waals surface area contributed by atoms with Gasteiger partial charge in [0.2, 0.25) is 0 Å². The average molecular weight is 365 g/mol. The summed E-state index contributed by atoms with van der Waals surface area (Å²) >= 11 is 1.51. The van der Waals surface area contributed by atoms with Gasteiger partial charge >= 0.3 is 7.95 Å². The Morgan fingerprint density at radius 3 is 1.74 bits per heavy atom. The van der Waals surface area contributed by atoms with Gasteiger partial charge in [0.25, 0.3) is 0 Å². The number of ketones is 1. The van der Waals surface area contributed by atoms with Crippen molar-refractivity contribution in [1.29, 1.82) is 0 Å². The van der Waals surface area contributed by atoms with E-state index in [1.165, 1.54) is 62.6 Å². The molecule has 0 saturated heterocycles. The molecule has 0 aromatic heterocycles. The standard InChI is InChI=1S/C17H36O4SSi/c1-5-6-7-8-9-10-11-12-13-14-17(18)15-16-22-23(19-2,20-3)21-4/h5-16H2,1-4H3. The van der Waals surface area contributed by atoms with Crippen molar-refractivity contribution in [1.82, 2.24) is 0 Å². The zero-order valence-electron chi connectivity index (χ0n) is 15.5. The van der Waals surface area contributed by atoms with E-state index in [1.54, 1.807) is 21.3 Å². The molecule has 0 aromatic rings. The Kier molecular flexibility index (Phi) is 15.7. The van der Waals surface area contributed by atoms with Gasteiger partial charge in [-0.15, -0.1) is 0 Å². The summed E-state index contributed by atoms with van der Waals surface area (Å²) in [6, 6.07) is 0. The number of hydrogen-bond donors (Lipinski definition) is 0. The van der Waals surface area contributed by atoms with E-state index in [9.17, 15) is 4.79 Å². The summed E-state index contributed by atoms with van der Waals surface area (Å²) in [7, 11) is 2.20.